The molecule has 0 saturated carbocycles. The number of nitrogens with two attached hydrogens (primary N) is 1. The molecule has 1 heterocycles. The molecule has 20 heavy (non-hydrogen) atoms. The lowest BCUT2D eigenvalue weighted by molar-refractivity contribution is 0.320. The molecule has 0 aliphatic heterocycles. The van der Waals surface area contributed by atoms with Crippen LogP contribution in [0.1, 0.15) is 11.1 Å². The van der Waals surface area contributed by atoms with E-state index in [0.717, 1.165) is 11.1 Å². The van der Waals surface area contributed by atoms with E-state index in [2.05, 4.69) is 15.0 Å². The first-order valence-corrected chi connectivity index (χ1v) is 5.97. The molecule has 2 rings (SSSR count). The van der Waals surface area contributed by atoms with Crippen LogP contribution in [0.2, 0.25) is 0 Å². The molecule has 0 spiro atoms. The van der Waals surface area contributed by atoms with Crippen LogP contribution in [-0.2, 0) is 6.54 Å². The largest absolute Gasteiger partial charge is 0.467 e. The third-order valence-corrected chi connectivity index (χ3v) is 2.63. The molecule has 0 saturated heterocycles. The molecule has 2 N–H and O–H groups in total. The lowest BCUT2D eigenvalue weighted by Crippen LogP contribution is -2.02. The zero-order valence-corrected chi connectivity index (χ0v) is 11.6. The zero-order valence-electron chi connectivity index (χ0n) is 11.6. The molecule has 0 unspecified atom stereocenters. The van der Waals surface area contributed by atoms with E-state index >= 15 is 0 Å². The van der Waals surface area contributed by atoms with Crippen molar-refractivity contribution < 1.29 is 14.2 Å². The smallest absolute Gasteiger partial charge is 0.331 e. The minimum atomic E-state index is 0.103. The summed E-state index contributed by atoms with van der Waals surface area (Å²) in [5.41, 5.74) is 7.52. The Hall–Kier alpha value is -2.41. The fourth-order valence-electron chi connectivity index (χ4n) is 1.53. The SMILES string of the molecule is COc1nc(OC)nc(Oc2cc(CN)ccc2C)n1. The van der Waals surface area contributed by atoms with Crippen molar-refractivity contribution in [2.75, 3.05) is 14.2 Å². The highest BCUT2D eigenvalue weighted by Gasteiger charge is 2.10. The van der Waals surface area contributed by atoms with Gasteiger partial charge in [0.2, 0.25) is 0 Å². The molecule has 1 aromatic carbocycles. The van der Waals surface area contributed by atoms with Gasteiger partial charge >= 0.3 is 18.0 Å². The number of benzene rings is 1. The molecule has 106 valence electrons. The Kier molecular flexibility index (Phi) is 4.31. The number of methoxy groups -OCH3 is 2. The summed E-state index contributed by atoms with van der Waals surface area (Å²) >= 11 is 0. The van der Waals surface area contributed by atoms with Crippen LogP contribution in [0, 0.1) is 6.92 Å². The van der Waals surface area contributed by atoms with Crippen LogP contribution in [0.3, 0.4) is 0 Å². The summed E-state index contributed by atoms with van der Waals surface area (Å²) < 4.78 is 15.6. The Morgan fingerprint density at radius 1 is 1.00 bits per heavy atom. The number of ether oxygens (including phenoxy) is 3. The van der Waals surface area contributed by atoms with Crippen LogP contribution in [0.15, 0.2) is 18.2 Å². The van der Waals surface area contributed by atoms with Crippen molar-refractivity contribution in [3.8, 4) is 23.8 Å². The fourth-order valence-corrected chi connectivity index (χ4v) is 1.53. The number of nitrogens with zero attached hydrogens (tertiary/aromatic N) is 3. The number of hydrogen-bond donors (Lipinski definition) is 1. The topological polar surface area (TPSA) is 92.4 Å². The number of aryl methyl sites for hydroxylation is 1. The van der Waals surface area contributed by atoms with Crippen molar-refractivity contribution >= 4 is 0 Å². The maximum atomic E-state index is 5.66. The fraction of sp³-hybridized carbons (Fsp3) is 0.308. The highest BCUT2D eigenvalue weighted by Crippen LogP contribution is 2.25. The van der Waals surface area contributed by atoms with E-state index in [-0.39, 0.29) is 18.0 Å². The van der Waals surface area contributed by atoms with Crippen molar-refractivity contribution in [1.82, 2.24) is 15.0 Å². The quantitative estimate of drug-likeness (QED) is 0.883. The Morgan fingerprint density at radius 2 is 1.60 bits per heavy atom. The minimum Gasteiger partial charge on any atom is -0.467 e. The summed E-state index contributed by atoms with van der Waals surface area (Å²) in [4.78, 5) is 11.9. The molecule has 2 aromatic rings. The van der Waals surface area contributed by atoms with Crippen molar-refractivity contribution in [1.29, 1.82) is 0 Å². The van der Waals surface area contributed by atoms with Crippen LogP contribution in [0.5, 0.6) is 23.8 Å². The predicted octanol–water partition coefficient (Wildman–Crippen LogP) is 1.45. The molecule has 0 amide bonds. The molecule has 1 aromatic heterocycles. The van der Waals surface area contributed by atoms with E-state index in [1.807, 2.05) is 25.1 Å². The van der Waals surface area contributed by atoms with Gasteiger partial charge in [0.1, 0.15) is 5.75 Å². The molecule has 0 aliphatic carbocycles. The van der Waals surface area contributed by atoms with E-state index in [9.17, 15) is 0 Å². The predicted molar refractivity (Wildman–Crippen MR) is 72.1 cm³/mol. The van der Waals surface area contributed by atoms with Crippen LogP contribution >= 0.6 is 0 Å². The van der Waals surface area contributed by atoms with Crippen molar-refractivity contribution in [2.45, 2.75) is 13.5 Å². The van der Waals surface area contributed by atoms with Crippen LogP contribution in [-0.4, -0.2) is 29.2 Å². The van der Waals surface area contributed by atoms with Crippen molar-refractivity contribution in [2.24, 2.45) is 5.73 Å². The van der Waals surface area contributed by atoms with Gasteiger partial charge in [-0.2, -0.15) is 0 Å². The second-order valence-electron chi connectivity index (χ2n) is 4.00. The lowest BCUT2D eigenvalue weighted by atomic mass is 10.1. The third kappa shape index (κ3) is 3.12. The normalized spacial score (nSPS) is 10.2. The van der Waals surface area contributed by atoms with Crippen molar-refractivity contribution in [3.05, 3.63) is 29.3 Å². The van der Waals surface area contributed by atoms with Gasteiger partial charge in [-0.25, -0.2) is 0 Å². The first-order chi connectivity index (χ1) is 9.66. The van der Waals surface area contributed by atoms with E-state index in [0.29, 0.717) is 12.3 Å². The summed E-state index contributed by atoms with van der Waals surface area (Å²) in [6.45, 7) is 2.35. The van der Waals surface area contributed by atoms with Gasteiger partial charge in [-0.3, -0.25) is 0 Å². The Balaban J connectivity index is 2.33. The van der Waals surface area contributed by atoms with Crippen LogP contribution < -0.4 is 19.9 Å². The summed E-state index contributed by atoms with van der Waals surface area (Å²) in [6, 6.07) is 6.06. The minimum absolute atomic E-state index is 0.103. The molecule has 0 radical (unpaired) electrons. The van der Waals surface area contributed by atoms with E-state index in [1.54, 1.807) is 0 Å². The molecule has 0 bridgehead atoms. The maximum Gasteiger partial charge on any atom is 0.331 e. The Labute approximate surface area is 116 Å². The van der Waals surface area contributed by atoms with Gasteiger partial charge < -0.3 is 19.9 Å². The van der Waals surface area contributed by atoms with Gasteiger partial charge in [0.25, 0.3) is 0 Å². The van der Waals surface area contributed by atoms with Crippen LogP contribution in [0.4, 0.5) is 0 Å². The molecule has 0 atom stereocenters. The molecular weight excluding hydrogens is 260 g/mol. The van der Waals surface area contributed by atoms with Crippen molar-refractivity contribution in [3.63, 3.8) is 0 Å². The monoisotopic (exact) mass is 276 g/mol. The average Bonchev–Trinajstić information content (AvgIpc) is 2.49. The number of hydrogen-bond acceptors (Lipinski definition) is 7. The van der Waals surface area contributed by atoms with Gasteiger partial charge in [0.05, 0.1) is 14.2 Å². The standard InChI is InChI=1S/C13H16N4O3/c1-8-4-5-9(7-14)6-10(8)20-13-16-11(18-2)15-12(17-13)19-3/h4-6H,7,14H2,1-3H3. The summed E-state index contributed by atoms with van der Waals surface area (Å²) in [5, 5.41) is 0. The molecule has 0 fully saturated rings. The second kappa shape index (κ2) is 6.16. The number of aromatic nitrogens is 3. The van der Waals surface area contributed by atoms with Gasteiger partial charge in [-0.05, 0) is 24.1 Å². The Morgan fingerprint density at radius 3 is 2.15 bits per heavy atom. The van der Waals surface area contributed by atoms with Crippen LogP contribution in [0.25, 0.3) is 0 Å². The summed E-state index contributed by atoms with van der Waals surface area (Å²) in [7, 11) is 2.91. The first-order valence-electron chi connectivity index (χ1n) is 5.97. The van der Waals surface area contributed by atoms with Gasteiger partial charge in [-0.15, -0.1) is 15.0 Å². The summed E-state index contributed by atoms with van der Waals surface area (Å²) in [5.74, 6) is 0.628. The average molecular weight is 276 g/mol. The highest BCUT2D eigenvalue weighted by molar-refractivity contribution is 5.38. The molecular formula is C13H16N4O3. The van der Waals surface area contributed by atoms with Gasteiger partial charge in [0, 0.05) is 6.54 Å². The molecule has 7 nitrogen and oxygen atoms in total. The number of rotatable bonds is 5. The van der Waals surface area contributed by atoms with Gasteiger partial charge in [0.15, 0.2) is 0 Å². The maximum absolute atomic E-state index is 5.66. The lowest BCUT2D eigenvalue weighted by Gasteiger charge is -2.09. The molecule has 7 heteroatoms. The zero-order chi connectivity index (χ0) is 14.5. The molecule has 0 aliphatic rings. The Bertz CT molecular complexity index is 582. The van der Waals surface area contributed by atoms with E-state index in [4.69, 9.17) is 19.9 Å². The van der Waals surface area contributed by atoms with E-state index < -0.39 is 0 Å². The highest BCUT2D eigenvalue weighted by atomic mass is 16.5. The van der Waals surface area contributed by atoms with E-state index in [1.165, 1.54) is 14.2 Å². The summed E-state index contributed by atoms with van der Waals surface area (Å²) in [6.07, 6.45) is 0. The first kappa shape index (κ1) is 14.0. The van der Waals surface area contributed by atoms with Gasteiger partial charge in [-0.1, -0.05) is 12.1 Å². The third-order valence-electron chi connectivity index (χ3n) is 2.63. The second-order valence-corrected chi connectivity index (χ2v) is 4.00.